The first-order chi connectivity index (χ1) is 8.15. The maximum absolute atomic E-state index is 5.57. The Morgan fingerprint density at radius 2 is 2.29 bits per heavy atom. The molecule has 17 heavy (non-hydrogen) atoms. The minimum absolute atomic E-state index is 0.535. The number of nitrogens with two attached hydrogens (primary N) is 1. The van der Waals surface area contributed by atoms with Gasteiger partial charge in [-0.2, -0.15) is 0 Å². The molecule has 0 saturated carbocycles. The van der Waals surface area contributed by atoms with E-state index in [1.54, 1.807) is 18.4 Å². The summed E-state index contributed by atoms with van der Waals surface area (Å²) in [5.74, 6) is 0.652. The summed E-state index contributed by atoms with van der Waals surface area (Å²) >= 11 is 1.64. The summed E-state index contributed by atoms with van der Waals surface area (Å²) in [6, 6.07) is 0. The van der Waals surface area contributed by atoms with E-state index in [4.69, 9.17) is 10.5 Å². The molecular weight excluding hydrogens is 234 g/mol. The van der Waals surface area contributed by atoms with Crippen LogP contribution in [0.5, 0.6) is 0 Å². The van der Waals surface area contributed by atoms with Gasteiger partial charge in [0.25, 0.3) is 0 Å². The van der Waals surface area contributed by atoms with Gasteiger partial charge in [0.1, 0.15) is 5.01 Å². The quantitative estimate of drug-likeness (QED) is 0.770. The summed E-state index contributed by atoms with van der Waals surface area (Å²) in [7, 11) is 1.74. The number of hydrogen-bond donors (Lipinski definition) is 1. The minimum atomic E-state index is 0.535. The van der Waals surface area contributed by atoms with Crippen LogP contribution < -0.4 is 5.73 Å². The summed E-state index contributed by atoms with van der Waals surface area (Å²) in [5, 5.41) is 3.11. The van der Waals surface area contributed by atoms with Gasteiger partial charge in [-0.05, 0) is 5.92 Å². The molecule has 0 amide bonds. The van der Waals surface area contributed by atoms with Crippen LogP contribution in [0.1, 0.15) is 24.5 Å². The van der Waals surface area contributed by atoms with Crippen LogP contribution in [-0.2, 0) is 17.8 Å². The molecule has 1 aromatic rings. The third kappa shape index (κ3) is 5.59. The second-order valence-electron chi connectivity index (χ2n) is 4.56. The molecule has 2 N–H and O–H groups in total. The molecule has 0 aliphatic carbocycles. The molecule has 0 aliphatic rings. The topological polar surface area (TPSA) is 51.4 Å². The SMILES string of the molecule is COCCN(Cc1csc(CN)n1)CC(C)C. The zero-order chi connectivity index (χ0) is 12.7. The Morgan fingerprint density at radius 3 is 2.82 bits per heavy atom. The van der Waals surface area contributed by atoms with E-state index in [-0.39, 0.29) is 0 Å². The third-order valence-electron chi connectivity index (χ3n) is 2.39. The second kappa shape index (κ2) is 7.76. The number of hydrogen-bond acceptors (Lipinski definition) is 5. The lowest BCUT2D eigenvalue weighted by molar-refractivity contribution is 0.135. The molecule has 0 unspecified atom stereocenters. The Hall–Kier alpha value is -0.490. The van der Waals surface area contributed by atoms with Gasteiger partial charge in [-0.15, -0.1) is 11.3 Å². The highest BCUT2D eigenvalue weighted by atomic mass is 32.1. The van der Waals surface area contributed by atoms with Gasteiger partial charge in [0.2, 0.25) is 0 Å². The molecule has 0 saturated heterocycles. The molecule has 0 aliphatic heterocycles. The van der Waals surface area contributed by atoms with Gasteiger partial charge in [0.05, 0.1) is 12.3 Å². The summed E-state index contributed by atoms with van der Waals surface area (Å²) < 4.78 is 5.14. The molecule has 0 radical (unpaired) electrons. The van der Waals surface area contributed by atoms with E-state index in [1.165, 1.54) is 0 Å². The molecule has 0 fully saturated rings. The van der Waals surface area contributed by atoms with Gasteiger partial charge in [-0.1, -0.05) is 13.8 Å². The lowest BCUT2D eigenvalue weighted by atomic mass is 10.2. The molecule has 0 atom stereocenters. The van der Waals surface area contributed by atoms with Gasteiger partial charge >= 0.3 is 0 Å². The van der Waals surface area contributed by atoms with Crippen molar-refractivity contribution in [1.82, 2.24) is 9.88 Å². The predicted octanol–water partition coefficient (Wildman–Crippen LogP) is 1.71. The van der Waals surface area contributed by atoms with Crippen LogP contribution in [0.3, 0.4) is 0 Å². The Balaban J connectivity index is 2.51. The van der Waals surface area contributed by atoms with Crippen LogP contribution in [0.25, 0.3) is 0 Å². The van der Waals surface area contributed by atoms with Crippen LogP contribution >= 0.6 is 11.3 Å². The van der Waals surface area contributed by atoms with Crippen LogP contribution in [0, 0.1) is 5.92 Å². The largest absolute Gasteiger partial charge is 0.383 e. The maximum atomic E-state index is 5.57. The molecule has 1 aromatic heterocycles. The van der Waals surface area contributed by atoms with E-state index in [0.717, 1.165) is 36.9 Å². The molecule has 0 spiro atoms. The number of rotatable bonds is 8. The molecule has 0 aromatic carbocycles. The molecule has 1 rings (SSSR count). The molecule has 0 bridgehead atoms. The van der Waals surface area contributed by atoms with Crippen LogP contribution in [0.4, 0.5) is 0 Å². The Morgan fingerprint density at radius 1 is 1.53 bits per heavy atom. The molecular formula is C12H23N3OS. The maximum Gasteiger partial charge on any atom is 0.106 e. The predicted molar refractivity (Wildman–Crippen MR) is 72.0 cm³/mol. The van der Waals surface area contributed by atoms with Crippen LogP contribution in [0.2, 0.25) is 0 Å². The molecule has 4 nitrogen and oxygen atoms in total. The van der Waals surface area contributed by atoms with E-state index in [0.29, 0.717) is 12.5 Å². The average Bonchev–Trinajstić information content (AvgIpc) is 2.73. The Labute approximate surface area is 108 Å². The summed E-state index contributed by atoms with van der Waals surface area (Å²) in [6.45, 7) is 8.66. The van der Waals surface area contributed by atoms with Crippen molar-refractivity contribution in [2.75, 3.05) is 26.8 Å². The fourth-order valence-corrected chi connectivity index (χ4v) is 2.38. The van der Waals surface area contributed by atoms with Crippen LogP contribution in [-0.4, -0.2) is 36.7 Å². The Kier molecular flexibility index (Phi) is 6.65. The van der Waals surface area contributed by atoms with E-state index < -0.39 is 0 Å². The Bertz CT molecular complexity index is 314. The van der Waals surface area contributed by atoms with Crippen molar-refractivity contribution in [2.45, 2.75) is 26.9 Å². The average molecular weight is 257 g/mol. The van der Waals surface area contributed by atoms with Gasteiger partial charge in [-0.25, -0.2) is 4.98 Å². The van der Waals surface area contributed by atoms with Crippen molar-refractivity contribution in [3.05, 3.63) is 16.1 Å². The fraction of sp³-hybridized carbons (Fsp3) is 0.750. The highest BCUT2D eigenvalue weighted by molar-refractivity contribution is 7.09. The fourth-order valence-electron chi connectivity index (χ4n) is 1.72. The van der Waals surface area contributed by atoms with Gasteiger partial charge in [-0.3, -0.25) is 4.90 Å². The molecule has 1 heterocycles. The zero-order valence-electron chi connectivity index (χ0n) is 11.0. The normalized spacial score (nSPS) is 11.6. The van der Waals surface area contributed by atoms with E-state index in [1.807, 2.05) is 0 Å². The first-order valence-corrected chi connectivity index (χ1v) is 6.88. The van der Waals surface area contributed by atoms with Crippen molar-refractivity contribution < 1.29 is 4.74 Å². The first kappa shape index (κ1) is 14.6. The van der Waals surface area contributed by atoms with Gasteiger partial charge in [0, 0.05) is 38.7 Å². The van der Waals surface area contributed by atoms with E-state index in [2.05, 4.69) is 29.1 Å². The van der Waals surface area contributed by atoms with Crippen LogP contribution in [0.15, 0.2) is 5.38 Å². The third-order valence-corrected chi connectivity index (χ3v) is 3.31. The second-order valence-corrected chi connectivity index (χ2v) is 5.50. The number of thiazole rings is 1. The number of ether oxygens (including phenoxy) is 1. The summed E-state index contributed by atoms with van der Waals surface area (Å²) in [5.41, 5.74) is 6.69. The lowest BCUT2D eigenvalue weighted by Crippen LogP contribution is -2.30. The first-order valence-electron chi connectivity index (χ1n) is 6.00. The number of methoxy groups -OCH3 is 1. The van der Waals surface area contributed by atoms with E-state index >= 15 is 0 Å². The summed E-state index contributed by atoms with van der Waals surface area (Å²) in [6.07, 6.45) is 0. The highest BCUT2D eigenvalue weighted by Gasteiger charge is 2.10. The number of nitrogens with zero attached hydrogens (tertiary/aromatic N) is 2. The van der Waals surface area contributed by atoms with Crippen molar-refractivity contribution >= 4 is 11.3 Å². The van der Waals surface area contributed by atoms with Crippen molar-refractivity contribution in [1.29, 1.82) is 0 Å². The van der Waals surface area contributed by atoms with Gasteiger partial charge < -0.3 is 10.5 Å². The van der Waals surface area contributed by atoms with E-state index in [9.17, 15) is 0 Å². The molecule has 5 heteroatoms. The van der Waals surface area contributed by atoms with Crippen molar-refractivity contribution in [3.8, 4) is 0 Å². The smallest absolute Gasteiger partial charge is 0.106 e. The lowest BCUT2D eigenvalue weighted by Gasteiger charge is -2.22. The van der Waals surface area contributed by atoms with Gasteiger partial charge in [0.15, 0.2) is 0 Å². The minimum Gasteiger partial charge on any atom is -0.383 e. The standard InChI is InChI=1S/C12H23N3OS/c1-10(2)7-15(4-5-16-3)8-11-9-17-12(6-13)14-11/h9-10H,4-8,13H2,1-3H3. The molecule has 98 valence electrons. The number of aromatic nitrogens is 1. The van der Waals surface area contributed by atoms with Crippen molar-refractivity contribution in [2.24, 2.45) is 11.7 Å². The monoisotopic (exact) mass is 257 g/mol. The summed E-state index contributed by atoms with van der Waals surface area (Å²) in [4.78, 5) is 6.87. The zero-order valence-corrected chi connectivity index (χ0v) is 11.8. The van der Waals surface area contributed by atoms with Crippen molar-refractivity contribution in [3.63, 3.8) is 0 Å². The highest BCUT2D eigenvalue weighted by Crippen LogP contribution is 2.12.